The summed E-state index contributed by atoms with van der Waals surface area (Å²) in [5, 5.41) is 3.09. The van der Waals surface area contributed by atoms with Crippen molar-refractivity contribution in [2.24, 2.45) is 0 Å². The van der Waals surface area contributed by atoms with E-state index in [1.54, 1.807) is 4.90 Å². The monoisotopic (exact) mass is 302 g/mol. The molecule has 0 saturated heterocycles. The molecule has 0 unspecified atom stereocenters. The zero-order valence-corrected chi connectivity index (χ0v) is 12.7. The molecule has 1 aliphatic carbocycles. The third-order valence-electron chi connectivity index (χ3n) is 4.34. The molecule has 1 heterocycles. The van der Waals surface area contributed by atoms with Crippen molar-refractivity contribution in [3.63, 3.8) is 0 Å². The standard InChI is InChI=1S/C17H22N2O3/c20-16(18-13-6-2-1-3-7-13)10-11-19-14-8-4-5-9-15(14)22-12-17(19)21/h4-5,8-9,13H,1-3,6-7,10-12H2,(H,18,20). The van der Waals surface area contributed by atoms with Gasteiger partial charge in [-0.1, -0.05) is 31.4 Å². The fourth-order valence-corrected chi connectivity index (χ4v) is 3.16. The van der Waals surface area contributed by atoms with Crippen molar-refractivity contribution >= 4 is 17.5 Å². The largest absolute Gasteiger partial charge is 0.482 e. The maximum Gasteiger partial charge on any atom is 0.265 e. The van der Waals surface area contributed by atoms with E-state index in [1.807, 2.05) is 24.3 Å². The number of carbonyl (C=O) groups excluding carboxylic acids is 2. The van der Waals surface area contributed by atoms with Crippen molar-refractivity contribution in [1.29, 1.82) is 0 Å². The summed E-state index contributed by atoms with van der Waals surface area (Å²) in [6.45, 7) is 0.443. The molecule has 1 aliphatic heterocycles. The molecular weight excluding hydrogens is 280 g/mol. The second-order valence-electron chi connectivity index (χ2n) is 5.95. The first-order valence-corrected chi connectivity index (χ1v) is 8.05. The summed E-state index contributed by atoms with van der Waals surface area (Å²) in [6.07, 6.45) is 6.14. The summed E-state index contributed by atoms with van der Waals surface area (Å²) in [7, 11) is 0. The van der Waals surface area contributed by atoms with Gasteiger partial charge >= 0.3 is 0 Å². The van der Waals surface area contributed by atoms with Crippen LogP contribution >= 0.6 is 0 Å². The van der Waals surface area contributed by atoms with Crippen molar-refractivity contribution < 1.29 is 14.3 Å². The number of ether oxygens (including phenoxy) is 1. The molecule has 0 radical (unpaired) electrons. The number of amides is 2. The van der Waals surface area contributed by atoms with Crippen molar-refractivity contribution in [1.82, 2.24) is 5.32 Å². The minimum absolute atomic E-state index is 0.0312. The number of nitrogens with zero attached hydrogens (tertiary/aromatic N) is 1. The number of rotatable bonds is 4. The third kappa shape index (κ3) is 3.40. The van der Waals surface area contributed by atoms with E-state index in [2.05, 4.69) is 5.32 Å². The van der Waals surface area contributed by atoms with E-state index < -0.39 is 0 Å². The van der Waals surface area contributed by atoms with Crippen LogP contribution in [0, 0.1) is 0 Å². The van der Waals surface area contributed by atoms with Gasteiger partial charge in [-0.3, -0.25) is 9.59 Å². The highest BCUT2D eigenvalue weighted by Crippen LogP contribution is 2.31. The van der Waals surface area contributed by atoms with Crippen LogP contribution in [0.1, 0.15) is 38.5 Å². The molecule has 2 aliphatic rings. The van der Waals surface area contributed by atoms with Crippen LogP contribution in [0.25, 0.3) is 0 Å². The molecule has 22 heavy (non-hydrogen) atoms. The van der Waals surface area contributed by atoms with Gasteiger partial charge in [0.05, 0.1) is 5.69 Å². The fraction of sp³-hybridized carbons (Fsp3) is 0.529. The summed E-state index contributed by atoms with van der Waals surface area (Å²) in [5.41, 5.74) is 0.754. The maximum atomic E-state index is 12.1. The van der Waals surface area contributed by atoms with Crippen molar-refractivity contribution in [2.75, 3.05) is 18.1 Å². The predicted octanol–water partition coefficient (Wildman–Crippen LogP) is 2.25. The quantitative estimate of drug-likeness (QED) is 0.928. The number of anilines is 1. The Morgan fingerprint density at radius 3 is 2.82 bits per heavy atom. The number of hydrogen-bond donors (Lipinski definition) is 1. The molecule has 1 aromatic carbocycles. The Kier molecular flexibility index (Phi) is 4.61. The van der Waals surface area contributed by atoms with Crippen molar-refractivity contribution in [3.8, 4) is 5.75 Å². The molecule has 0 spiro atoms. The molecule has 118 valence electrons. The van der Waals surface area contributed by atoms with Gasteiger partial charge in [-0.2, -0.15) is 0 Å². The lowest BCUT2D eigenvalue weighted by atomic mass is 9.95. The SMILES string of the molecule is O=C(CCN1C(=O)COc2ccccc21)NC1CCCCC1. The highest BCUT2D eigenvalue weighted by Gasteiger charge is 2.25. The molecule has 2 amide bonds. The Bertz CT molecular complexity index is 553. The van der Waals surface area contributed by atoms with E-state index in [1.165, 1.54) is 19.3 Å². The average Bonchev–Trinajstić information content (AvgIpc) is 2.55. The Labute approximate surface area is 130 Å². The number of carbonyl (C=O) groups is 2. The van der Waals surface area contributed by atoms with Gasteiger partial charge in [0.1, 0.15) is 5.75 Å². The van der Waals surface area contributed by atoms with Crippen LogP contribution in [-0.2, 0) is 9.59 Å². The molecule has 0 atom stereocenters. The Morgan fingerprint density at radius 1 is 1.23 bits per heavy atom. The van der Waals surface area contributed by atoms with E-state index >= 15 is 0 Å². The lowest BCUT2D eigenvalue weighted by Crippen LogP contribution is -2.42. The van der Waals surface area contributed by atoms with Crippen LogP contribution in [0.5, 0.6) is 5.75 Å². The first kappa shape index (κ1) is 14.9. The zero-order chi connectivity index (χ0) is 15.4. The molecule has 5 heteroatoms. The lowest BCUT2D eigenvalue weighted by molar-refractivity contribution is -0.122. The summed E-state index contributed by atoms with van der Waals surface area (Å²) in [4.78, 5) is 25.8. The van der Waals surface area contributed by atoms with Gasteiger partial charge in [0.2, 0.25) is 5.91 Å². The van der Waals surface area contributed by atoms with Crippen LogP contribution in [0.2, 0.25) is 0 Å². The molecule has 1 saturated carbocycles. The second-order valence-corrected chi connectivity index (χ2v) is 5.95. The Hall–Kier alpha value is -2.04. The summed E-state index contributed by atoms with van der Waals surface area (Å²) in [6, 6.07) is 7.76. The average molecular weight is 302 g/mol. The molecular formula is C17H22N2O3. The molecule has 1 fully saturated rings. The number of benzene rings is 1. The normalized spacial score (nSPS) is 18.5. The van der Waals surface area contributed by atoms with Gasteiger partial charge in [0, 0.05) is 19.0 Å². The van der Waals surface area contributed by atoms with Crippen LogP contribution in [0.15, 0.2) is 24.3 Å². The summed E-state index contributed by atoms with van der Waals surface area (Å²) in [5.74, 6) is 0.641. The van der Waals surface area contributed by atoms with E-state index in [-0.39, 0.29) is 18.4 Å². The van der Waals surface area contributed by atoms with E-state index in [0.29, 0.717) is 24.8 Å². The minimum Gasteiger partial charge on any atom is -0.482 e. The summed E-state index contributed by atoms with van der Waals surface area (Å²) < 4.78 is 5.40. The molecule has 0 bridgehead atoms. The second kappa shape index (κ2) is 6.81. The van der Waals surface area contributed by atoms with Gasteiger partial charge in [0.15, 0.2) is 6.61 Å². The van der Waals surface area contributed by atoms with Gasteiger partial charge in [-0.25, -0.2) is 0 Å². The molecule has 1 aromatic rings. The van der Waals surface area contributed by atoms with Crippen molar-refractivity contribution in [3.05, 3.63) is 24.3 Å². The topological polar surface area (TPSA) is 58.6 Å². The lowest BCUT2D eigenvalue weighted by Gasteiger charge is -2.29. The van der Waals surface area contributed by atoms with Crippen molar-refractivity contribution in [2.45, 2.75) is 44.6 Å². The number of nitrogens with one attached hydrogen (secondary N) is 1. The van der Waals surface area contributed by atoms with Gasteiger partial charge in [-0.15, -0.1) is 0 Å². The van der Waals surface area contributed by atoms with Gasteiger partial charge in [-0.05, 0) is 25.0 Å². The van der Waals surface area contributed by atoms with Crippen LogP contribution in [-0.4, -0.2) is 31.0 Å². The third-order valence-corrected chi connectivity index (χ3v) is 4.34. The van der Waals surface area contributed by atoms with E-state index in [9.17, 15) is 9.59 Å². The van der Waals surface area contributed by atoms with Crippen LogP contribution < -0.4 is 15.0 Å². The summed E-state index contributed by atoms with van der Waals surface area (Å²) >= 11 is 0. The van der Waals surface area contributed by atoms with E-state index in [0.717, 1.165) is 18.5 Å². The van der Waals surface area contributed by atoms with E-state index in [4.69, 9.17) is 4.74 Å². The highest BCUT2D eigenvalue weighted by molar-refractivity contribution is 5.98. The van der Waals surface area contributed by atoms with Crippen LogP contribution in [0.3, 0.4) is 0 Å². The number of para-hydroxylation sites is 2. The highest BCUT2D eigenvalue weighted by atomic mass is 16.5. The smallest absolute Gasteiger partial charge is 0.265 e. The Balaban J connectivity index is 1.56. The maximum absolute atomic E-state index is 12.1. The fourth-order valence-electron chi connectivity index (χ4n) is 3.16. The van der Waals surface area contributed by atoms with Gasteiger partial charge in [0.25, 0.3) is 5.91 Å². The number of fused-ring (bicyclic) bond motifs is 1. The Morgan fingerprint density at radius 2 is 2.00 bits per heavy atom. The first-order chi connectivity index (χ1) is 10.7. The minimum atomic E-state index is -0.0934. The van der Waals surface area contributed by atoms with Crippen LogP contribution in [0.4, 0.5) is 5.69 Å². The number of hydrogen-bond acceptors (Lipinski definition) is 3. The molecule has 3 rings (SSSR count). The molecule has 1 N–H and O–H groups in total. The predicted molar refractivity (Wildman–Crippen MR) is 83.9 cm³/mol. The van der Waals surface area contributed by atoms with Gasteiger partial charge < -0.3 is 15.0 Å². The first-order valence-electron chi connectivity index (χ1n) is 8.05. The molecule has 5 nitrogen and oxygen atoms in total. The zero-order valence-electron chi connectivity index (χ0n) is 12.7. The molecule has 0 aromatic heterocycles.